The molecule has 4 heterocycles. The van der Waals surface area contributed by atoms with Crippen LogP contribution in [0.4, 0.5) is 5.69 Å². The second kappa shape index (κ2) is 7.63. The Balaban J connectivity index is 1.31. The lowest BCUT2D eigenvalue weighted by Crippen LogP contribution is -2.40. The highest BCUT2D eigenvalue weighted by atomic mass is 16.5. The highest BCUT2D eigenvalue weighted by Crippen LogP contribution is 2.30. The van der Waals surface area contributed by atoms with Crippen molar-refractivity contribution in [3.05, 3.63) is 60.6 Å². The van der Waals surface area contributed by atoms with Crippen LogP contribution in [0.15, 0.2) is 60.0 Å². The first-order valence-electron chi connectivity index (χ1n) is 9.85. The minimum absolute atomic E-state index is 0.124. The van der Waals surface area contributed by atoms with Gasteiger partial charge in [0.05, 0.1) is 25.0 Å². The van der Waals surface area contributed by atoms with Gasteiger partial charge >= 0.3 is 0 Å². The van der Waals surface area contributed by atoms with E-state index in [1.165, 1.54) is 0 Å². The summed E-state index contributed by atoms with van der Waals surface area (Å²) in [6.07, 6.45) is 11.8. The molecular formula is C21H24N6O2. The number of ether oxygens (including phenoxy) is 2. The van der Waals surface area contributed by atoms with Crippen LogP contribution in [0, 0.1) is 0 Å². The molecule has 1 atom stereocenters. The third-order valence-corrected chi connectivity index (χ3v) is 5.40. The van der Waals surface area contributed by atoms with Crippen LogP contribution in [0.3, 0.4) is 0 Å². The molecule has 0 bridgehead atoms. The number of hydrogen-bond acceptors (Lipinski definition) is 7. The van der Waals surface area contributed by atoms with Crippen LogP contribution in [0.2, 0.25) is 0 Å². The van der Waals surface area contributed by atoms with Gasteiger partial charge < -0.3 is 14.8 Å². The zero-order chi connectivity index (χ0) is 19.6. The third-order valence-electron chi connectivity index (χ3n) is 5.40. The number of hydrogen-bond donors (Lipinski definition) is 2. The summed E-state index contributed by atoms with van der Waals surface area (Å²) < 4.78 is 12.7. The minimum Gasteiger partial charge on any atom is -0.497 e. The number of rotatable bonds is 4. The number of hydrazine groups is 1. The molecule has 150 valence electrons. The number of benzene rings is 1. The van der Waals surface area contributed by atoms with Crippen molar-refractivity contribution in [2.75, 3.05) is 25.6 Å². The number of guanidine groups is 1. The molecule has 0 radical (unpaired) electrons. The fourth-order valence-corrected chi connectivity index (χ4v) is 3.84. The minimum atomic E-state index is -0.124. The van der Waals surface area contributed by atoms with Crippen LogP contribution in [-0.4, -0.2) is 47.2 Å². The lowest BCUT2D eigenvalue weighted by molar-refractivity contribution is 0.0662. The Kier molecular flexibility index (Phi) is 4.69. The van der Waals surface area contributed by atoms with E-state index in [1.54, 1.807) is 7.11 Å². The molecule has 3 aliphatic heterocycles. The number of aromatic nitrogens is 2. The van der Waals surface area contributed by atoms with E-state index in [1.807, 2.05) is 46.5 Å². The van der Waals surface area contributed by atoms with Crippen molar-refractivity contribution >= 4 is 17.2 Å². The summed E-state index contributed by atoms with van der Waals surface area (Å²) in [5.74, 6) is 1.54. The van der Waals surface area contributed by atoms with Gasteiger partial charge in [-0.25, -0.2) is 4.99 Å². The molecule has 1 fully saturated rings. The zero-order valence-electron chi connectivity index (χ0n) is 16.3. The van der Waals surface area contributed by atoms with Crippen LogP contribution in [0.5, 0.6) is 5.75 Å². The van der Waals surface area contributed by atoms with E-state index in [0.717, 1.165) is 48.6 Å². The number of allylic oxidation sites excluding steroid dienone is 2. The highest BCUT2D eigenvalue weighted by molar-refractivity contribution is 5.95. The van der Waals surface area contributed by atoms with Crippen molar-refractivity contribution in [1.29, 1.82) is 0 Å². The first-order valence-corrected chi connectivity index (χ1v) is 9.85. The Hall–Kier alpha value is -3.26. The molecule has 1 unspecified atom stereocenters. The molecule has 1 saturated heterocycles. The Bertz CT molecular complexity index is 956. The molecule has 2 aromatic rings. The van der Waals surface area contributed by atoms with E-state index < -0.39 is 0 Å². The molecule has 29 heavy (non-hydrogen) atoms. The van der Waals surface area contributed by atoms with Gasteiger partial charge in [0.1, 0.15) is 5.75 Å². The van der Waals surface area contributed by atoms with Crippen molar-refractivity contribution in [2.24, 2.45) is 4.99 Å². The number of aliphatic imine (C=N–C) groups is 1. The van der Waals surface area contributed by atoms with Gasteiger partial charge in [-0.15, -0.1) is 0 Å². The molecule has 2 N–H and O–H groups in total. The molecule has 1 aromatic heterocycles. The van der Waals surface area contributed by atoms with Gasteiger partial charge in [0.25, 0.3) is 0 Å². The van der Waals surface area contributed by atoms with Crippen molar-refractivity contribution in [3.8, 4) is 5.75 Å². The molecule has 5 rings (SSSR count). The number of nitrogens with zero attached hydrogens (tertiary/aromatic N) is 4. The Morgan fingerprint density at radius 1 is 1.21 bits per heavy atom. The van der Waals surface area contributed by atoms with Crippen LogP contribution >= 0.6 is 0 Å². The quantitative estimate of drug-likeness (QED) is 0.833. The second-order valence-corrected chi connectivity index (χ2v) is 7.24. The van der Waals surface area contributed by atoms with E-state index in [0.29, 0.717) is 12.0 Å². The van der Waals surface area contributed by atoms with Crippen molar-refractivity contribution in [2.45, 2.75) is 25.0 Å². The normalized spacial score (nSPS) is 21.3. The number of anilines is 1. The summed E-state index contributed by atoms with van der Waals surface area (Å²) in [5.41, 5.74) is 6.47. The average Bonchev–Trinajstić information content (AvgIpc) is 3.41. The van der Waals surface area contributed by atoms with Crippen LogP contribution < -0.4 is 15.5 Å². The monoisotopic (exact) mass is 392 g/mol. The van der Waals surface area contributed by atoms with Crippen LogP contribution in [0.1, 0.15) is 24.4 Å². The van der Waals surface area contributed by atoms with Crippen molar-refractivity contribution in [3.63, 3.8) is 0 Å². The van der Waals surface area contributed by atoms with E-state index >= 15 is 0 Å². The topological polar surface area (TPSA) is 75.9 Å². The average molecular weight is 392 g/mol. The Morgan fingerprint density at radius 3 is 2.83 bits per heavy atom. The molecule has 0 saturated carbocycles. The fourth-order valence-electron chi connectivity index (χ4n) is 3.84. The lowest BCUT2D eigenvalue weighted by Gasteiger charge is -2.26. The highest BCUT2D eigenvalue weighted by Gasteiger charge is 2.29. The molecule has 1 aromatic carbocycles. The summed E-state index contributed by atoms with van der Waals surface area (Å²) in [6.45, 7) is 1.59. The zero-order valence-corrected chi connectivity index (χ0v) is 16.3. The molecule has 8 nitrogen and oxygen atoms in total. The van der Waals surface area contributed by atoms with Crippen molar-refractivity contribution < 1.29 is 9.47 Å². The van der Waals surface area contributed by atoms with Gasteiger partial charge in [-0.3, -0.25) is 15.1 Å². The summed E-state index contributed by atoms with van der Waals surface area (Å²) >= 11 is 0. The van der Waals surface area contributed by atoms with Gasteiger partial charge in [0, 0.05) is 31.2 Å². The van der Waals surface area contributed by atoms with E-state index in [2.05, 4.69) is 34.1 Å². The largest absolute Gasteiger partial charge is 0.497 e. The summed E-state index contributed by atoms with van der Waals surface area (Å²) in [4.78, 5) is 4.84. The molecule has 0 aliphatic carbocycles. The first kappa shape index (κ1) is 17.8. The molecule has 0 amide bonds. The smallest absolute Gasteiger partial charge is 0.217 e. The molecule has 8 heteroatoms. The number of nitrogens with one attached hydrogen (secondary N) is 2. The maximum Gasteiger partial charge on any atom is 0.217 e. The van der Waals surface area contributed by atoms with Crippen molar-refractivity contribution in [1.82, 2.24) is 20.2 Å². The summed E-state index contributed by atoms with van der Waals surface area (Å²) in [7, 11) is 1.67. The number of fused-ring (bicyclic) bond motifs is 1. The Labute approximate surface area is 169 Å². The molecular weight excluding hydrogens is 368 g/mol. The second-order valence-electron chi connectivity index (χ2n) is 7.24. The lowest BCUT2D eigenvalue weighted by atomic mass is 10.0. The summed E-state index contributed by atoms with van der Waals surface area (Å²) in [6, 6.07) is 8.45. The maximum atomic E-state index is 5.44. The fraction of sp³-hybridized carbons (Fsp3) is 0.333. The predicted octanol–water partition coefficient (Wildman–Crippen LogP) is 2.77. The van der Waals surface area contributed by atoms with Gasteiger partial charge in [0.2, 0.25) is 5.96 Å². The van der Waals surface area contributed by atoms with Gasteiger partial charge in [0.15, 0.2) is 6.17 Å². The summed E-state index contributed by atoms with van der Waals surface area (Å²) in [5, 5.41) is 9.86. The van der Waals surface area contributed by atoms with Gasteiger partial charge in [-0.2, -0.15) is 5.10 Å². The molecule has 0 spiro atoms. The first-order chi connectivity index (χ1) is 14.3. The predicted molar refractivity (Wildman–Crippen MR) is 111 cm³/mol. The number of methoxy groups -OCH3 is 1. The van der Waals surface area contributed by atoms with E-state index in [-0.39, 0.29) is 6.17 Å². The SMILES string of the molecule is COc1ccc(C2=CC=CN3NC(Nc4cnn(C5CCOCC5)c4)=NC23)cc1. The Morgan fingerprint density at radius 2 is 2.03 bits per heavy atom. The van der Waals surface area contributed by atoms with Gasteiger partial charge in [-0.05, 0) is 36.6 Å². The van der Waals surface area contributed by atoms with Crippen LogP contribution in [0.25, 0.3) is 5.57 Å². The van der Waals surface area contributed by atoms with E-state index in [9.17, 15) is 0 Å². The van der Waals surface area contributed by atoms with Gasteiger partial charge in [-0.1, -0.05) is 18.2 Å². The molecule has 3 aliphatic rings. The maximum absolute atomic E-state index is 5.44. The van der Waals surface area contributed by atoms with Crippen LogP contribution in [-0.2, 0) is 4.74 Å². The third kappa shape index (κ3) is 3.58. The van der Waals surface area contributed by atoms with E-state index in [4.69, 9.17) is 14.5 Å². The standard InChI is InChI=1S/C21H24N6O2/c1-28-18-6-4-15(5-7-18)19-3-2-10-26-20(19)24-21(25-26)23-16-13-22-27(14-16)17-8-11-29-12-9-17/h2-7,10,13-14,17,20H,8-9,11-12H2,1H3,(H2,23,24,25).